The predicted molar refractivity (Wildman–Crippen MR) is 92.0 cm³/mol. The smallest absolute Gasteiger partial charge is 0.254 e. The van der Waals surface area contributed by atoms with E-state index in [2.05, 4.69) is 22.1 Å². The van der Waals surface area contributed by atoms with Crippen LogP contribution in [-0.2, 0) is 0 Å². The number of aryl methyl sites for hydroxylation is 1. The standard InChI is InChI=1S/C17H18N4O2S/c1-11(16-18-8-9-24-16)10-21(3)17(22)14-7-5-4-6-13(14)15-20-19-12(2)23-15/h4-9,11H,10H2,1-3H3/t11-/m1/s1. The number of benzene rings is 1. The molecule has 1 atom stereocenters. The van der Waals surface area contributed by atoms with E-state index in [4.69, 9.17) is 4.42 Å². The summed E-state index contributed by atoms with van der Waals surface area (Å²) in [6, 6.07) is 7.28. The van der Waals surface area contributed by atoms with Gasteiger partial charge >= 0.3 is 0 Å². The van der Waals surface area contributed by atoms with E-state index in [0.29, 0.717) is 29.5 Å². The number of carbonyl (C=O) groups excluding carboxylic acids is 1. The van der Waals surface area contributed by atoms with Gasteiger partial charge in [0.25, 0.3) is 5.91 Å². The molecule has 2 heterocycles. The highest BCUT2D eigenvalue weighted by atomic mass is 32.1. The lowest BCUT2D eigenvalue weighted by Crippen LogP contribution is -2.30. The molecule has 0 aliphatic carbocycles. The van der Waals surface area contributed by atoms with Crippen LogP contribution in [0.2, 0.25) is 0 Å². The normalized spacial score (nSPS) is 12.1. The van der Waals surface area contributed by atoms with Crippen LogP contribution < -0.4 is 0 Å². The molecule has 24 heavy (non-hydrogen) atoms. The molecule has 0 aliphatic rings. The Morgan fingerprint density at radius 2 is 2.12 bits per heavy atom. The van der Waals surface area contributed by atoms with Gasteiger partial charge in [0.2, 0.25) is 11.8 Å². The molecule has 124 valence electrons. The van der Waals surface area contributed by atoms with E-state index >= 15 is 0 Å². The maximum Gasteiger partial charge on any atom is 0.254 e. The fraction of sp³-hybridized carbons (Fsp3) is 0.294. The monoisotopic (exact) mass is 342 g/mol. The Morgan fingerprint density at radius 3 is 2.79 bits per heavy atom. The molecule has 1 aromatic carbocycles. The molecule has 0 saturated carbocycles. The molecule has 0 saturated heterocycles. The van der Waals surface area contributed by atoms with Crippen LogP contribution >= 0.6 is 11.3 Å². The first-order valence-corrected chi connectivity index (χ1v) is 8.48. The summed E-state index contributed by atoms with van der Waals surface area (Å²) in [5.41, 5.74) is 1.20. The third kappa shape index (κ3) is 3.35. The molecule has 0 unspecified atom stereocenters. The second-order valence-electron chi connectivity index (χ2n) is 5.63. The lowest BCUT2D eigenvalue weighted by Gasteiger charge is -2.21. The van der Waals surface area contributed by atoms with Crippen molar-refractivity contribution in [2.75, 3.05) is 13.6 Å². The average molecular weight is 342 g/mol. The van der Waals surface area contributed by atoms with Crippen molar-refractivity contribution in [3.8, 4) is 11.5 Å². The number of nitrogens with zero attached hydrogens (tertiary/aromatic N) is 4. The van der Waals surface area contributed by atoms with Gasteiger partial charge in [0, 0.05) is 38.0 Å². The van der Waals surface area contributed by atoms with Crippen molar-refractivity contribution in [1.82, 2.24) is 20.1 Å². The lowest BCUT2D eigenvalue weighted by atomic mass is 10.1. The first-order valence-electron chi connectivity index (χ1n) is 7.60. The number of rotatable bonds is 5. The number of carbonyl (C=O) groups is 1. The third-order valence-corrected chi connectivity index (χ3v) is 4.69. The summed E-state index contributed by atoms with van der Waals surface area (Å²) in [7, 11) is 1.79. The molecule has 3 rings (SSSR count). The quantitative estimate of drug-likeness (QED) is 0.711. The zero-order valence-corrected chi connectivity index (χ0v) is 14.6. The van der Waals surface area contributed by atoms with Gasteiger partial charge < -0.3 is 9.32 Å². The highest BCUT2D eigenvalue weighted by Crippen LogP contribution is 2.25. The van der Waals surface area contributed by atoms with Gasteiger partial charge in [-0.1, -0.05) is 19.1 Å². The highest BCUT2D eigenvalue weighted by Gasteiger charge is 2.21. The van der Waals surface area contributed by atoms with Crippen LogP contribution in [0.5, 0.6) is 0 Å². The molecule has 0 bridgehead atoms. The minimum absolute atomic E-state index is 0.0788. The molecule has 0 N–H and O–H groups in total. The van der Waals surface area contributed by atoms with E-state index in [0.717, 1.165) is 5.01 Å². The zero-order chi connectivity index (χ0) is 17.1. The first-order chi connectivity index (χ1) is 11.6. The summed E-state index contributed by atoms with van der Waals surface area (Å²) >= 11 is 1.60. The van der Waals surface area contributed by atoms with E-state index in [1.54, 1.807) is 42.5 Å². The van der Waals surface area contributed by atoms with Gasteiger partial charge in [0.15, 0.2) is 0 Å². The number of thiazole rings is 1. The Morgan fingerprint density at radius 1 is 1.33 bits per heavy atom. The summed E-state index contributed by atoms with van der Waals surface area (Å²) in [5.74, 6) is 0.928. The van der Waals surface area contributed by atoms with Gasteiger partial charge in [-0.3, -0.25) is 4.79 Å². The first kappa shape index (κ1) is 16.3. The van der Waals surface area contributed by atoms with Crippen molar-refractivity contribution >= 4 is 17.2 Å². The van der Waals surface area contributed by atoms with Crippen LogP contribution in [0.1, 0.15) is 34.1 Å². The Hall–Kier alpha value is -2.54. The summed E-state index contributed by atoms with van der Waals surface area (Å²) < 4.78 is 5.48. The van der Waals surface area contributed by atoms with Crippen molar-refractivity contribution < 1.29 is 9.21 Å². The maximum absolute atomic E-state index is 12.9. The van der Waals surface area contributed by atoms with Crippen molar-refractivity contribution in [1.29, 1.82) is 0 Å². The van der Waals surface area contributed by atoms with Crippen molar-refractivity contribution in [3.63, 3.8) is 0 Å². The molecule has 3 aromatic rings. The summed E-state index contributed by atoms with van der Waals surface area (Å²) in [4.78, 5) is 18.9. The second-order valence-corrected chi connectivity index (χ2v) is 6.56. The minimum atomic E-state index is -0.0788. The zero-order valence-electron chi connectivity index (χ0n) is 13.8. The number of amides is 1. The average Bonchev–Trinajstić information content (AvgIpc) is 3.25. The summed E-state index contributed by atoms with van der Waals surface area (Å²) in [6.45, 7) is 4.38. The van der Waals surface area contributed by atoms with E-state index in [-0.39, 0.29) is 11.8 Å². The van der Waals surface area contributed by atoms with Crippen molar-refractivity contribution in [3.05, 3.63) is 52.3 Å². The fourth-order valence-corrected chi connectivity index (χ4v) is 3.21. The molecule has 0 fully saturated rings. The van der Waals surface area contributed by atoms with Gasteiger partial charge in [-0.25, -0.2) is 4.98 Å². The Balaban J connectivity index is 1.82. The predicted octanol–water partition coefficient (Wildman–Crippen LogP) is 3.38. The van der Waals surface area contributed by atoms with E-state index < -0.39 is 0 Å². The number of hydrogen-bond donors (Lipinski definition) is 0. The molecule has 0 aliphatic heterocycles. The molecule has 0 radical (unpaired) electrons. The van der Waals surface area contributed by atoms with E-state index in [1.165, 1.54) is 0 Å². The van der Waals surface area contributed by atoms with Crippen molar-refractivity contribution in [2.45, 2.75) is 19.8 Å². The largest absolute Gasteiger partial charge is 0.421 e. The number of aromatic nitrogens is 3. The lowest BCUT2D eigenvalue weighted by molar-refractivity contribution is 0.0788. The van der Waals surface area contributed by atoms with Crippen molar-refractivity contribution in [2.24, 2.45) is 0 Å². The topological polar surface area (TPSA) is 72.1 Å². The fourth-order valence-electron chi connectivity index (χ4n) is 2.52. The van der Waals surface area contributed by atoms with Gasteiger partial charge in [-0.2, -0.15) is 0 Å². The van der Waals surface area contributed by atoms with Crippen LogP contribution in [0.15, 0.2) is 40.3 Å². The third-order valence-electron chi connectivity index (χ3n) is 3.68. The van der Waals surface area contributed by atoms with Crippen LogP contribution in [-0.4, -0.2) is 39.6 Å². The molecule has 2 aromatic heterocycles. The molecule has 0 spiro atoms. The minimum Gasteiger partial charge on any atom is -0.421 e. The summed E-state index contributed by atoms with van der Waals surface area (Å²) in [6.07, 6.45) is 1.78. The maximum atomic E-state index is 12.9. The molecular formula is C17H18N4O2S. The summed E-state index contributed by atoms with van der Waals surface area (Å²) in [5, 5.41) is 10.8. The number of likely N-dealkylation sites (N-methyl/N-ethyl adjacent to an activating group) is 1. The van der Waals surface area contributed by atoms with Gasteiger partial charge in [-0.15, -0.1) is 21.5 Å². The Bertz CT molecular complexity index is 829. The van der Waals surface area contributed by atoms with E-state index in [9.17, 15) is 4.79 Å². The molecule has 7 heteroatoms. The van der Waals surface area contributed by atoms with Gasteiger partial charge in [0.1, 0.15) is 0 Å². The highest BCUT2D eigenvalue weighted by molar-refractivity contribution is 7.09. The SMILES string of the molecule is Cc1nnc(-c2ccccc2C(=O)N(C)C[C@@H](C)c2nccs2)o1. The van der Waals surface area contributed by atoms with E-state index in [1.807, 2.05) is 23.6 Å². The van der Waals surface area contributed by atoms with Crippen LogP contribution in [0, 0.1) is 6.92 Å². The second kappa shape index (κ2) is 6.92. The molecular weight excluding hydrogens is 324 g/mol. The molecule has 1 amide bonds. The van der Waals surface area contributed by atoms with Crippen LogP contribution in [0.3, 0.4) is 0 Å². The number of hydrogen-bond acceptors (Lipinski definition) is 6. The van der Waals surface area contributed by atoms with Gasteiger partial charge in [0.05, 0.1) is 16.1 Å². The Labute approximate surface area is 144 Å². The van der Waals surface area contributed by atoms with Gasteiger partial charge in [-0.05, 0) is 12.1 Å². The molecule has 6 nitrogen and oxygen atoms in total. The van der Waals surface area contributed by atoms with Crippen LogP contribution in [0.4, 0.5) is 0 Å². The van der Waals surface area contributed by atoms with Crippen LogP contribution in [0.25, 0.3) is 11.5 Å². The Kier molecular flexibility index (Phi) is 4.71.